The summed E-state index contributed by atoms with van der Waals surface area (Å²) < 4.78 is 0. The van der Waals surface area contributed by atoms with Crippen molar-refractivity contribution in [2.24, 2.45) is 0 Å². The fraction of sp³-hybridized carbons (Fsp3) is 0.459. The van der Waals surface area contributed by atoms with Gasteiger partial charge in [0.25, 0.3) is 0 Å². The van der Waals surface area contributed by atoms with Crippen molar-refractivity contribution in [2.75, 3.05) is 0 Å². The number of hydrogen-bond acceptors (Lipinski definition) is 0. The molecule has 0 bridgehead atoms. The van der Waals surface area contributed by atoms with Crippen LogP contribution >= 0.6 is 0 Å². The molecule has 4 saturated carbocycles. The number of hydrogen-bond donors (Lipinski definition) is 0. The summed E-state index contributed by atoms with van der Waals surface area (Å²) in [5.74, 6) is 3.43. The van der Waals surface area contributed by atoms with E-state index in [2.05, 4.69) is 74.5 Å². The van der Waals surface area contributed by atoms with E-state index in [0.717, 1.165) is 30.1 Å². The summed E-state index contributed by atoms with van der Waals surface area (Å²) in [4.78, 5) is 0. The first kappa shape index (κ1) is 33.6. The molecule has 4 aromatic carbocycles. The number of benzene rings is 2. The van der Waals surface area contributed by atoms with E-state index in [1.165, 1.54) is 77.0 Å². The van der Waals surface area contributed by atoms with E-state index in [9.17, 15) is 0 Å². The molecule has 0 heterocycles. The molecular formula is C37H44Cl2Zr-4. The summed E-state index contributed by atoms with van der Waals surface area (Å²) in [6, 6.07) is 23.6. The first-order valence-corrected chi connectivity index (χ1v) is 15.2. The van der Waals surface area contributed by atoms with Crippen LogP contribution < -0.4 is 24.8 Å². The van der Waals surface area contributed by atoms with Crippen molar-refractivity contribution in [1.29, 1.82) is 0 Å². The van der Waals surface area contributed by atoms with Crippen LogP contribution in [0.4, 0.5) is 0 Å². The van der Waals surface area contributed by atoms with E-state index in [0.29, 0.717) is 0 Å². The number of fused-ring (bicyclic) bond motifs is 2. The largest absolute Gasteiger partial charge is 2.00 e. The monoisotopic (exact) mass is 648 g/mol. The smallest absolute Gasteiger partial charge is 1.00 e. The molecule has 0 nitrogen and oxygen atoms in total. The van der Waals surface area contributed by atoms with Crippen molar-refractivity contribution in [3.63, 3.8) is 0 Å². The van der Waals surface area contributed by atoms with Crippen LogP contribution in [0.3, 0.4) is 0 Å². The molecule has 4 aliphatic rings. The maximum Gasteiger partial charge on any atom is 2.00 e. The third-order valence-electron chi connectivity index (χ3n) is 9.94. The van der Waals surface area contributed by atoms with Crippen molar-refractivity contribution in [2.45, 2.75) is 107 Å². The molecule has 8 rings (SSSR count). The Morgan fingerprint density at radius 1 is 0.500 bits per heavy atom. The summed E-state index contributed by atoms with van der Waals surface area (Å²) >= 11 is 0. The molecule has 40 heavy (non-hydrogen) atoms. The van der Waals surface area contributed by atoms with Gasteiger partial charge in [0, 0.05) is 0 Å². The van der Waals surface area contributed by atoms with Crippen molar-refractivity contribution in [3.05, 3.63) is 96.8 Å². The summed E-state index contributed by atoms with van der Waals surface area (Å²) in [7, 11) is 0. The average Bonchev–Trinajstić information content (AvgIpc) is 3.43. The van der Waals surface area contributed by atoms with Gasteiger partial charge < -0.3 is 45.1 Å². The SMILES string of the molecule is [CH2-]C[CH2-].[Cl-].[Cl-].[Zr+2].c1cc2c(C3CCC3)ccc(C3CCC3)c2[cH-]1.c1cc2c(C3CCC3)ccc(C3CCC3)c2[cH-]1. The molecule has 0 atom stereocenters. The van der Waals surface area contributed by atoms with Crippen LogP contribution in [0.2, 0.25) is 0 Å². The van der Waals surface area contributed by atoms with Crippen LogP contribution in [0.5, 0.6) is 0 Å². The molecule has 214 valence electrons. The molecule has 0 amide bonds. The Morgan fingerprint density at radius 3 is 1.05 bits per heavy atom. The van der Waals surface area contributed by atoms with Gasteiger partial charge in [0.05, 0.1) is 0 Å². The second-order valence-electron chi connectivity index (χ2n) is 12.1. The maximum atomic E-state index is 3.38. The summed E-state index contributed by atoms with van der Waals surface area (Å²) in [6.07, 6.45) is 17.7. The van der Waals surface area contributed by atoms with E-state index >= 15 is 0 Å². The summed E-state index contributed by atoms with van der Waals surface area (Å²) in [5.41, 5.74) is 6.50. The van der Waals surface area contributed by atoms with Crippen LogP contribution in [0, 0.1) is 13.8 Å². The Hall–Kier alpha value is -0.877. The van der Waals surface area contributed by atoms with Crippen LogP contribution in [0.15, 0.2) is 60.7 Å². The molecule has 4 fully saturated rings. The average molecular weight is 651 g/mol. The molecule has 0 unspecified atom stereocenters. The topological polar surface area (TPSA) is 0 Å². The third-order valence-corrected chi connectivity index (χ3v) is 9.94. The second kappa shape index (κ2) is 15.6. The quantitative estimate of drug-likeness (QED) is 0.266. The minimum absolute atomic E-state index is 0. The Kier molecular flexibility index (Phi) is 13.1. The van der Waals surface area contributed by atoms with Crippen LogP contribution in [-0.4, -0.2) is 0 Å². The van der Waals surface area contributed by atoms with Gasteiger partial charge in [0.1, 0.15) is 0 Å². The first-order valence-electron chi connectivity index (χ1n) is 15.2. The fourth-order valence-electron chi connectivity index (χ4n) is 6.87. The van der Waals surface area contributed by atoms with Crippen molar-refractivity contribution in [3.8, 4) is 0 Å². The van der Waals surface area contributed by atoms with Crippen LogP contribution in [0.25, 0.3) is 21.5 Å². The fourth-order valence-corrected chi connectivity index (χ4v) is 6.87. The second-order valence-corrected chi connectivity index (χ2v) is 12.1. The Labute approximate surface area is 274 Å². The molecule has 0 aromatic heterocycles. The van der Waals surface area contributed by atoms with Gasteiger partial charge in [-0.3, -0.25) is 0 Å². The molecule has 4 aromatic rings. The molecular weight excluding hydrogens is 607 g/mol. The molecule has 0 radical (unpaired) electrons. The van der Waals surface area contributed by atoms with E-state index in [-0.39, 0.29) is 51.0 Å². The minimum atomic E-state index is 0. The van der Waals surface area contributed by atoms with Crippen molar-refractivity contribution < 1.29 is 51.0 Å². The van der Waals surface area contributed by atoms with Gasteiger partial charge in [-0.25, -0.2) is 0 Å². The number of rotatable bonds is 4. The third kappa shape index (κ3) is 6.69. The Bertz CT molecular complexity index is 1120. The standard InChI is InChI=1S/2C17H19.C3H6.2ClH.Zr/c2*1-4-12(5-1)14-10-11-15(13-6-2-7-13)17-9-3-8-16(14)17;1-3-2;;;/h2*3,8-13H,1-2,4-7H2;1-3H2;2*1H;/q2*-1;-2;;;+2/p-2. The predicted octanol–water partition coefficient (Wildman–Crippen LogP) is 5.24. The Balaban J connectivity index is 0.000000188. The zero-order valence-corrected chi connectivity index (χ0v) is 27.9. The van der Waals surface area contributed by atoms with Crippen LogP contribution in [0.1, 0.15) is 129 Å². The van der Waals surface area contributed by atoms with Gasteiger partial charge >= 0.3 is 26.2 Å². The number of halogens is 2. The molecule has 0 spiro atoms. The molecule has 0 aliphatic heterocycles. The van der Waals surface area contributed by atoms with E-state index in [1.807, 2.05) is 0 Å². The zero-order chi connectivity index (χ0) is 25.2. The van der Waals surface area contributed by atoms with E-state index < -0.39 is 0 Å². The predicted molar refractivity (Wildman–Crippen MR) is 161 cm³/mol. The van der Waals surface area contributed by atoms with Gasteiger partial charge in [0.2, 0.25) is 0 Å². The molecule has 3 heteroatoms. The Morgan fingerprint density at radius 2 is 0.775 bits per heavy atom. The normalized spacial score (nSPS) is 18.6. The minimum Gasteiger partial charge on any atom is -1.00 e. The molecule has 0 saturated heterocycles. The maximum absolute atomic E-state index is 3.38. The van der Waals surface area contributed by atoms with Gasteiger partial charge in [-0.1, -0.05) is 74.6 Å². The van der Waals surface area contributed by atoms with Gasteiger partial charge in [-0.05, 0) is 49.4 Å². The first-order chi connectivity index (χ1) is 18.3. The molecule has 4 aliphatic carbocycles. The van der Waals surface area contributed by atoms with Crippen molar-refractivity contribution >= 4 is 21.5 Å². The summed E-state index contributed by atoms with van der Waals surface area (Å²) in [6.45, 7) is 6.75. The van der Waals surface area contributed by atoms with Gasteiger partial charge in [-0.15, -0.1) is 56.9 Å². The van der Waals surface area contributed by atoms with Gasteiger partial charge in [0.15, 0.2) is 0 Å². The summed E-state index contributed by atoms with van der Waals surface area (Å²) in [5, 5.41) is 6.22. The van der Waals surface area contributed by atoms with E-state index in [1.54, 1.807) is 43.8 Å². The zero-order valence-electron chi connectivity index (χ0n) is 23.9. The van der Waals surface area contributed by atoms with Gasteiger partial charge in [-0.2, -0.15) is 24.3 Å². The van der Waals surface area contributed by atoms with E-state index in [4.69, 9.17) is 0 Å². The van der Waals surface area contributed by atoms with Crippen LogP contribution in [-0.2, 0) is 26.2 Å². The van der Waals surface area contributed by atoms with Crippen molar-refractivity contribution in [1.82, 2.24) is 0 Å². The molecule has 0 N–H and O–H groups in total.